The standard InChI is InChI=1S/C25H28Cl2N2O3/c1-25(2,3)32-24(30)28-8-6-18-19-12-15(17-5-4-16(26)14-20(17)27)13-22-23(19)29(10-11-31-22)21(18)7-9-28/h4-5,12-14,18,21H,6-11H2,1-3H3. The molecule has 2 unspecified atom stereocenters. The number of rotatable bonds is 1. The lowest BCUT2D eigenvalue weighted by molar-refractivity contribution is 0.0255. The summed E-state index contributed by atoms with van der Waals surface area (Å²) in [4.78, 5) is 17.1. The number of amides is 1. The summed E-state index contributed by atoms with van der Waals surface area (Å²) in [6.07, 6.45) is 1.58. The van der Waals surface area contributed by atoms with Gasteiger partial charge < -0.3 is 19.3 Å². The maximum atomic E-state index is 12.7. The van der Waals surface area contributed by atoms with Gasteiger partial charge in [-0.15, -0.1) is 0 Å². The van der Waals surface area contributed by atoms with E-state index in [9.17, 15) is 4.79 Å². The lowest BCUT2D eigenvalue weighted by atomic mass is 9.89. The quantitative estimate of drug-likeness (QED) is 0.482. The molecule has 3 aliphatic heterocycles. The summed E-state index contributed by atoms with van der Waals surface area (Å²) in [7, 11) is 0. The third kappa shape index (κ3) is 3.90. The molecule has 0 N–H and O–H groups in total. The topological polar surface area (TPSA) is 42.0 Å². The lowest BCUT2D eigenvalue weighted by Crippen LogP contribution is -2.41. The third-order valence-electron chi connectivity index (χ3n) is 6.54. The van der Waals surface area contributed by atoms with Crippen LogP contribution in [0.1, 0.15) is 45.1 Å². The molecule has 3 heterocycles. The Morgan fingerprint density at radius 3 is 2.62 bits per heavy atom. The van der Waals surface area contributed by atoms with Gasteiger partial charge in [-0.2, -0.15) is 0 Å². The average Bonchev–Trinajstić information content (AvgIpc) is 2.87. The maximum Gasteiger partial charge on any atom is 0.410 e. The number of hydrogen-bond donors (Lipinski definition) is 0. The minimum atomic E-state index is -0.488. The number of benzene rings is 2. The second-order valence-corrected chi connectivity index (χ2v) is 10.6. The molecule has 0 saturated carbocycles. The summed E-state index contributed by atoms with van der Waals surface area (Å²) in [5, 5.41) is 1.25. The van der Waals surface area contributed by atoms with Gasteiger partial charge in [0, 0.05) is 40.7 Å². The van der Waals surface area contributed by atoms with E-state index in [1.54, 1.807) is 6.07 Å². The zero-order valence-electron chi connectivity index (χ0n) is 18.7. The van der Waals surface area contributed by atoms with Crippen molar-refractivity contribution in [2.75, 3.05) is 31.1 Å². The van der Waals surface area contributed by atoms with Crippen molar-refractivity contribution in [3.63, 3.8) is 0 Å². The smallest absolute Gasteiger partial charge is 0.410 e. The van der Waals surface area contributed by atoms with E-state index in [1.807, 2.05) is 37.8 Å². The molecule has 1 saturated heterocycles. The second-order valence-electron chi connectivity index (χ2n) is 9.80. The van der Waals surface area contributed by atoms with E-state index in [4.69, 9.17) is 32.7 Å². The van der Waals surface area contributed by atoms with Crippen LogP contribution in [0.5, 0.6) is 5.75 Å². The summed E-state index contributed by atoms with van der Waals surface area (Å²) >= 11 is 12.6. The largest absolute Gasteiger partial charge is 0.490 e. The predicted molar refractivity (Wildman–Crippen MR) is 128 cm³/mol. The van der Waals surface area contributed by atoms with Crippen molar-refractivity contribution in [2.45, 2.75) is 51.2 Å². The van der Waals surface area contributed by atoms with Crippen molar-refractivity contribution in [1.29, 1.82) is 0 Å². The Hall–Kier alpha value is -2.11. The molecule has 2 atom stereocenters. The molecule has 0 spiro atoms. The van der Waals surface area contributed by atoms with Gasteiger partial charge in [-0.3, -0.25) is 0 Å². The van der Waals surface area contributed by atoms with Crippen molar-refractivity contribution in [3.8, 4) is 16.9 Å². The Morgan fingerprint density at radius 2 is 1.88 bits per heavy atom. The summed E-state index contributed by atoms with van der Waals surface area (Å²) in [6.45, 7) is 8.64. The molecule has 1 amide bonds. The van der Waals surface area contributed by atoms with Crippen molar-refractivity contribution >= 4 is 35.0 Å². The molecule has 3 aliphatic rings. The number of carbonyl (C=O) groups is 1. The molecular formula is C25H28Cl2N2O3. The van der Waals surface area contributed by atoms with E-state index in [0.29, 0.717) is 41.7 Å². The van der Waals surface area contributed by atoms with E-state index in [-0.39, 0.29) is 6.09 Å². The SMILES string of the molecule is CC(C)(C)OC(=O)N1CCC2c3cc(-c4ccc(Cl)cc4Cl)cc4c3N(CCO4)C2CC1. The Morgan fingerprint density at radius 1 is 1.09 bits per heavy atom. The zero-order valence-corrected chi connectivity index (χ0v) is 20.2. The maximum absolute atomic E-state index is 12.7. The predicted octanol–water partition coefficient (Wildman–Crippen LogP) is 6.36. The van der Waals surface area contributed by atoms with Crippen LogP contribution in [-0.2, 0) is 4.74 Å². The molecule has 32 heavy (non-hydrogen) atoms. The van der Waals surface area contributed by atoms with Gasteiger partial charge >= 0.3 is 6.09 Å². The van der Waals surface area contributed by atoms with Gasteiger partial charge in [0.2, 0.25) is 0 Å². The highest BCUT2D eigenvalue weighted by atomic mass is 35.5. The monoisotopic (exact) mass is 474 g/mol. The first-order valence-corrected chi connectivity index (χ1v) is 12.0. The highest BCUT2D eigenvalue weighted by Gasteiger charge is 2.44. The highest BCUT2D eigenvalue weighted by molar-refractivity contribution is 6.36. The normalized spacial score (nSPS) is 22.0. The molecule has 2 aromatic rings. The second kappa shape index (κ2) is 8.03. The van der Waals surface area contributed by atoms with Crippen LogP contribution >= 0.6 is 23.2 Å². The first kappa shape index (κ1) is 21.7. The van der Waals surface area contributed by atoms with Crippen molar-refractivity contribution in [3.05, 3.63) is 45.9 Å². The summed E-state index contributed by atoms with van der Waals surface area (Å²) in [6, 6.07) is 10.3. The van der Waals surface area contributed by atoms with Crippen LogP contribution < -0.4 is 9.64 Å². The van der Waals surface area contributed by atoms with Crippen LogP contribution in [-0.4, -0.2) is 48.9 Å². The van der Waals surface area contributed by atoms with Crippen molar-refractivity contribution in [2.24, 2.45) is 0 Å². The molecule has 5 rings (SSSR count). The number of hydrogen-bond acceptors (Lipinski definition) is 4. The van der Waals surface area contributed by atoms with Gasteiger partial charge in [-0.25, -0.2) is 4.79 Å². The first-order valence-electron chi connectivity index (χ1n) is 11.2. The molecule has 0 bridgehead atoms. The molecule has 0 aromatic heterocycles. The fourth-order valence-electron chi connectivity index (χ4n) is 5.24. The molecule has 1 fully saturated rings. The zero-order chi connectivity index (χ0) is 22.6. The van der Waals surface area contributed by atoms with Crippen LogP contribution in [0.3, 0.4) is 0 Å². The van der Waals surface area contributed by atoms with E-state index >= 15 is 0 Å². The van der Waals surface area contributed by atoms with Gasteiger partial charge in [0.1, 0.15) is 18.0 Å². The first-order chi connectivity index (χ1) is 15.2. The fraction of sp³-hybridized carbons (Fsp3) is 0.480. The number of fused-ring (bicyclic) bond motifs is 3. The molecular weight excluding hydrogens is 447 g/mol. The van der Waals surface area contributed by atoms with E-state index in [0.717, 1.165) is 36.3 Å². The molecule has 2 aromatic carbocycles. The average molecular weight is 475 g/mol. The van der Waals surface area contributed by atoms with Gasteiger partial charge in [0.05, 0.1) is 12.2 Å². The van der Waals surface area contributed by atoms with Crippen LogP contribution in [0, 0.1) is 0 Å². The molecule has 170 valence electrons. The Balaban J connectivity index is 1.48. The van der Waals surface area contributed by atoms with Crippen LogP contribution in [0.4, 0.5) is 10.5 Å². The van der Waals surface area contributed by atoms with Gasteiger partial charge in [0.25, 0.3) is 0 Å². The Labute approximate surface area is 199 Å². The molecule has 5 nitrogen and oxygen atoms in total. The minimum absolute atomic E-state index is 0.220. The van der Waals surface area contributed by atoms with Crippen LogP contribution in [0.2, 0.25) is 10.0 Å². The van der Waals surface area contributed by atoms with E-state index < -0.39 is 5.60 Å². The lowest BCUT2D eigenvalue weighted by Gasteiger charge is -2.33. The van der Waals surface area contributed by atoms with Crippen LogP contribution in [0.25, 0.3) is 11.1 Å². The number of likely N-dealkylation sites (tertiary alicyclic amines) is 1. The van der Waals surface area contributed by atoms with Gasteiger partial charge in [-0.1, -0.05) is 29.3 Å². The highest BCUT2D eigenvalue weighted by Crippen LogP contribution is 2.53. The molecule has 0 aliphatic carbocycles. The minimum Gasteiger partial charge on any atom is -0.490 e. The van der Waals surface area contributed by atoms with Crippen molar-refractivity contribution < 1.29 is 14.3 Å². The number of halogens is 2. The van der Waals surface area contributed by atoms with E-state index in [1.165, 1.54) is 11.3 Å². The summed E-state index contributed by atoms with van der Waals surface area (Å²) < 4.78 is 11.7. The van der Waals surface area contributed by atoms with Crippen molar-refractivity contribution in [1.82, 2.24) is 4.90 Å². The number of nitrogens with zero attached hydrogens (tertiary/aromatic N) is 2. The number of anilines is 1. The summed E-state index contributed by atoms with van der Waals surface area (Å²) in [5.41, 5.74) is 4.00. The fourth-order valence-corrected chi connectivity index (χ4v) is 5.76. The van der Waals surface area contributed by atoms with Gasteiger partial charge in [0.15, 0.2) is 0 Å². The number of carbonyl (C=O) groups excluding carboxylic acids is 1. The summed E-state index contributed by atoms with van der Waals surface area (Å²) in [5.74, 6) is 1.26. The third-order valence-corrected chi connectivity index (χ3v) is 7.09. The van der Waals surface area contributed by atoms with Crippen LogP contribution in [0.15, 0.2) is 30.3 Å². The molecule has 0 radical (unpaired) electrons. The van der Waals surface area contributed by atoms with Gasteiger partial charge in [-0.05, 0) is 69.0 Å². The Bertz CT molecular complexity index is 1070. The van der Waals surface area contributed by atoms with E-state index in [2.05, 4.69) is 17.0 Å². The number of ether oxygens (including phenoxy) is 2. The molecule has 7 heteroatoms. The Kier molecular flexibility index (Phi) is 5.45.